The lowest BCUT2D eigenvalue weighted by molar-refractivity contribution is -0.123. The van der Waals surface area contributed by atoms with Crippen LogP contribution >= 0.6 is 0 Å². The molecule has 1 aliphatic rings. The van der Waals surface area contributed by atoms with Gasteiger partial charge in [0.15, 0.2) is 0 Å². The first kappa shape index (κ1) is 16.2. The van der Waals surface area contributed by atoms with Crippen LogP contribution in [0.15, 0.2) is 48.5 Å². The largest absolute Gasteiger partial charge is 0.465 e. The molecule has 0 aromatic heterocycles. The summed E-state index contributed by atoms with van der Waals surface area (Å²) in [5.41, 5.74) is 3.91. The highest BCUT2D eigenvalue weighted by Crippen LogP contribution is 2.31. The molecule has 24 heavy (non-hydrogen) atoms. The molecule has 2 aromatic rings. The van der Waals surface area contributed by atoms with Crippen LogP contribution in [0.1, 0.15) is 45.8 Å². The van der Waals surface area contributed by atoms with Gasteiger partial charge in [0.1, 0.15) is 0 Å². The van der Waals surface area contributed by atoms with Crippen LogP contribution in [0.2, 0.25) is 0 Å². The lowest BCUT2D eigenvalue weighted by Gasteiger charge is -2.24. The van der Waals surface area contributed by atoms with Gasteiger partial charge in [-0.05, 0) is 48.1 Å². The number of esters is 1. The minimum Gasteiger partial charge on any atom is -0.465 e. The van der Waals surface area contributed by atoms with Crippen molar-refractivity contribution in [2.75, 3.05) is 7.11 Å². The molecule has 0 bridgehead atoms. The number of nitrogens with one attached hydrogen (secondary N) is 1. The molecule has 4 nitrogen and oxygen atoms in total. The molecular formula is C20H21NO3. The molecule has 3 rings (SSSR count). The molecule has 0 saturated heterocycles. The summed E-state index contributed by atoms with van der Waals surface area (Å²) in [6, 6.07) is 15.3. The van der Waals surface area contributed by atoms with Crippen molar-refractivity contribution in [3.63, 3.8) is 0 Å². The molecular weight excluding hydrogens is 302 g/mol. The van der Waals surface area contributed by atoms with Gasteiger partial charge in [0, 0.05) is 6.54 Å². The first-order valence-electron chi connectivity index (χ1n) is 8.22. The highest BCUT2D eigenvalue weighted by molar-refractivity contribution is 5.89. The summed E-state index contributed by atoms with van der Waals surface area (Å²) in [5, 5.41) is 3.02. The van der Waals surface area contributed by atoms with Crippen molar-refractivity contribution in [3.8, 4) is 0 Å². The van der Waals surface area contributed by atoms with Gasteiger partial charge in [-0.1, -0.05) is 36.4 Å². The van der Waals surface area contributed by atoms with Gasteiger partial charge in [0.25, 0.3) is 0 Å². The van der Waals surface area contributed by atoms with E-state index in [1.54, 1.807) is 12.1 Å². The number of carbonyl (C=O) groups is 2. The van der Waals surface area contributed by atoms with E-state index < -0.39 is 0 Å². The molecule has 2 aromatic carbocycles. The van der Waals surface area contributed by atoms with Crippen LogP contribution in [0.5, 0.6) is 0 Å². The Balaban J connectivity index is 1.63. The highest BCUT2D eigenvalue weighted by atomic mass is 16.5. The number of ether oxygens (including phenoxy) is 1. The zero-order valence-corrected chi connectivity index (χ0v) is 13.7. The number of rotatable bonds is 4. The lowest BCUT2D eigenvalue weighted by atomic mass is 9.82. The maximum atomic E-state index is 12.6. The van der Waals surface area contributed by atoms with Crippen molar-refractivity contribution >= 4 is 11.9 Å². The van der Waals surface area contributed by atoms with E-state index in [0.29, 0.717) is 12.1 Å². The average molecular weight is 323 g/mol. The monoisotopic (exact) mass is 323 g/mol. The Morgan fingerprint density at radius 3 is 2.62 bits per heavy atom. The molecule has 1 aliphatic carbocycles. The first-order chi connectivity index (χ1) is 11.7. The number of amides is 1. The Labute approximate surface area is 141 Å². The van der Waals surface area contributed by atoms with E-state index in [0.717, 1.165) is 30.4 Å². The third-order valence-corrected chi connectivity index (χ3v) is 4.53. The van der Waals surface area contributed by atoms with Crippen molar-refractivity contribution in [3.05, 3.63) is 70.8 Å². The molecule has 1 atom stereocenters. The van der Waals surface area contributed by atoms with E-state index in [9.17, 15) is 9.59 Å². The maximum Gasteiger partial charge on any atom is 0.337 e. The summed E-state index contributed by atoms with van der Waals surface area (Å²) in [6.45, 7) is 0.457. The Kier molecular flexibility index (Phi) is 4.94. The topological polar surface area (TPSA) is 55.4 Å². The van der Waals surface area contributed by atoms with Gasteiger partial charge >= 0.3 is 5.97 Å². The van der Waals surface area contributed by atoms with Gasteiger partial charge in [0.05, 0.1) is 18.6 Å². The van der Waals surface area contributed by atoms with E-state index >= 15 is 0 Å². The highest BCUT2D eigenvalue weighted by Gasteiger charge is 2.25. The Hall–Kier alpha value is -2.62. The predicted molar refractivity (Wildman–Crippen MR) is 91.7 cm³/mol. The normalized spacial score (nSPS) is 16.1. The van der Waals surface area contributed by atoms with E-state index in [2.05, 4.69) is 22.2 Å². The zero-order valence-electron chi connectivity index (χ0n) is 13.7. The quantitative estimate of drug-likeness (QED) is 0.879. The summed E-state index contributed by atoms with van der Waals surface area (Å²) in [7, 11) is 1.36. The Morgan fingerprint density at radius 1 is 1.12 bits per heavy atom. The lowest BCUT2D eigenvalue weighted by Crippen LogP contribution is -2.31. The molecule has 0 heterocycles. The fourth-order valence-electron chi connectivity index (χ4n) is 3.22. The molecule has 0 fully saturated rings. The summed E-state index contributed by atoms with van der Waals surface area (Å²) < 4.78 is 4.68. The number of hydrogen-bond donors (Lipinski definition) is 1. The molecule has 0 aliphatic heterocycles. The number of aryl methyl sites for hydroxylation is 1. The smallest absolute Gasteiger partial charge is 0.337 e. The second-order valence-electron chi connectivity index (χ2n) is 6.05. The van der Waals surface area contributed by atoms with Gasteiger partial charge in [-0.2, -0.15) is 0 Å². The van der Waals surface area contributed by atoms with Crippen LogP contribution in [-0.4, -0.2) is 19.0 Å². The molecule has 1 N–H and O–H groups in total. The van der Waals surface area contributed by atoms with Crippen molar-refractivity contribution in [2.45, 2.75) is 31.7 Å². The number of benzene rings is 2. The van der Waals surface area contributed by atoms with Crippen LogP contribution in [-0.2, 0) is 22.5 Å². The number of fused-ring (bicyclic) bond motifs is 1. The SMILES string of the molecule is COC(=O)c1ccc(CNC(=O)C2CCCc3ccccc32)cc1. The first-order valence-corrected chi connectivity index (χ1v) is 8.22. The maximum absolute atomic E-state index is 12.6. The standard InChI is InChI=1S/C20H21NO3/c1-24-20(23)16-11-9-14(10-12-16)13-21-19(22)18-8-4-6-15-5-2-3-7-17(15)18/h2-3,5,7,9-12,18H,4,6,8,13H2,1H3,(H,21,22). The number of methoxy groups -OCH3 is 1. The summed E-state index contributed by atoms with van der Waals surface area (Å²) >= 11 is 0. The molecule has 124 valence electrons. The molecule has 1 amide bonds. The van der Waals surface area contributed by atoms with Crippen LogP contribution in [0.4, 0.5) is 0 Å². The fourth-order valence-corrected chi connectivity index (χ4v) is 3.22. The van der Waals surface area contributed by atoms with Crippen molar-refractivity contribution in [1.82, 2.24) is 5.32 Å². The van der Waals surface area contributed by atoms with Crippen molar-refractivity contribution in [1.29, 1.82) is 0 Å². The zero-order chi connectivity index (χ0) is 16.9. The summed E-state index contributed by atoms with van der Waals surface area (Å²) in [4.78, 5) is 24.0. The Morgan fingerprint density at radius 2 is 1.88 bits per heavy atom. The van der Waals surface area contributed by atoms with Gasteiger partial charge in [-0.25, -0.2) is 4.79 Å². The van der Waals surface area contributed by atoms with Gasteiger partial charge < -0.3 is 10.1 Å². The van der Waals surface area contributed by atoms with E-state index in [1.807, 2.05) is 24.3 Å². The second-order valence-corrected chi connectivity index (χ2v) is 6.05. The number of hydrogen-bond acceptors (Lipinski definition) is 3. The summed E-state index contributed by atoms with van der Waals surface area (Å²) in [6.07, 6.45) is 2.99. The van der Waals surface area contributed by atoms with Crippen LogP contribution in [0.3, 0.4) is 0 Å². The molecule has 0 spiro atoms. The Bertz CT molecular complexity index is 737. The molecule has 1 unspecified atom stereocenters. The molecule has 0 saturated carbocycles. The predicted octanol–water partition coefficient (Wildman–Crippen LogP) is 3.21. The van der Waals surface area contributed by atoms with Gasteiger partial charge in [0.2, 0.25) is 5.91 Å². The van der Waals surface area contributed by atoms with Gasteiger partial charge in [-0.15, -0.1) is 0 Å². The van der Waals surface area contributed by atoms with Crippen molar-refractivity contribution in [2.24, 2.45) is 0 Å². The molecule has 0 radical (unpaired) electrons. The molecule has 4 heteroatoms. The van der Waals surface area contributed by atoms with E-state index in [-0.39, 0.29) is 17.8 Å². The number of carbonyl (C=O) groups excluding carboxylic acids is 2. The van der Waals surface area contributed by atoms with Crippen LogP contribution < -0.4 is 5.32 Å². The van der Waals surface area contributed by atoms with Crippen LogP contribution in [0.25, 0.3) is 0 Å². The minimum atomic E-state index is -0.357. The fraction of sp³-hybridized carbons (Fsp3) is 0.300. The minimum absolute atomic E-state index is 0.0655. The van der Waals surface area contributed by atoms with E-state index in [4.69, 9.17) is 0 Å². The van der Waals surface area contributed by atoms with E-state index in [1.165, 1.54) is 12.7 Å². The summed E-state index contributed by atoms with van der Waals surface area (Å²) in [5.74, 6) is -0.354. The van der Waals surface area contributed by atoms with Gasteiger partial charge in [-0.3, -0.25) is 4.79 Å². The van der Waals surface area contributed by atoms with Crippen LogP contribution in [0, 0.1) is 0 Å². The average Bonchev–Trinajstić information content (AvgIpc) is 2.65. The second kappa shape index (κ2) is 7.30. The third kappa shape index (κ3) is 3.48. The van der Waals surface area contributed by atoms with Crippen molar-refractivity contribution < 1.29 is 14.3 Å². The third-order valence-electron chi connectivity index (χ3n) is 4.53.